The first-order chi connectivity index (χ1) is 9.08. The minimum absolute atomic E-state index is 0.0303. The van der Waals surface area contributed by atoms with E-state index in [0.29, 0.717) is 18.1 Å². The predicted octanol–water partition coefficient (Wildman–Crippen LogP) is 3.66. The third-order valence-corrected chi connectivity index (χ3v) is 3.81. The average Bonchev–Trinajstić information content (AvgIpc) is 2.42. The molecule has 0 saturated heterocycles. The van der Waals surface area contributed by atoms with Gasteiger partial charge in [-0.15, -0.1) is 0 Å². The Morgan fingerprint density at radius 2 is 2.16 bits per heavy atom. The second-order valence-corrected chi connectivity index (χ2v) is 5.74. The first-order valence-corrected chi connectivity index (χ1v) is 8.20. The molecule has 1 atom stereocenters. The predicted molar refractivity (Wildman–Crippen MR) is 87.2 cm³/mol. The summed E-state index contributed by atoms with van der Waals surface area (Å²) in [5.74, 6) is 1.16. The number of carbonyl (C=O) groups excluding carboxylic acids is 1. The molecule has 1 aromatic rings. The molecule has 1 unspecified atom stereocenters. The second kappa shape index (κ2) is 8.40. The van der Waals surface area contributed by atoms with Crippen LogP contribution >= 0.6 is 22.6 Å². The van der Waals surface area contributed by atoms with Crippen molar-refractivity contribution in [3.05, 3.63) is 29.8 Å². The van der Waals surface area contributed by atoms with Gasteiger partial charge in [-0.3, -0.25) is 4.79 Å². The largest absolute Gasteiger partial charge is 0.494 e. The molecule has 0 aliphatic rings. The lowest BCUT2D eigenvalue weighted by molar-refractivity contribution is 0.0931. The van der Waals surface area contributed by atoms with Crippen molar-refractivity contribution in [2.75, 3.05) is 11.0 Å². The first-order valence-electron chi connectivity index (χ1n) is 6.68. The Bertz CT molecular complexity index is 407. The number of benzene rings is 1. The van der Waals surface area contributed by atoms with E-state index >= 15 is 0 Å². The molecule has 0 fully saturated rings. The summed E-state index contributed by atoms with van der Waals surface area (Å²) in [5, 5.41) is 3.06. The number of halogens is 1. The lowest BCUT2D eigenvalue weighted by Crippen LogP contribution is -2.39. The molecule has 106 valence electrons. The lowest BCUT2D eigenvalue weighted by Gasteiger charge is -2.20. The molecule has 0 heterocycles. The number of amides is 1. The van der Waals surface area contributed by atoms with Crippen molar-refractivity contribution in [2.24, 2.45) is 5.92 Å². The molecule has 0 aliphatic heterocycles. The summed E-state index contributed by atoms with van der Waals surface area (Å²) in [6.45, 7) is 6.96. The Balaban J connectivity index is 2.70. The Labute approximate surface area is 129 Å². The van der Waals surface area contributed by atoms with Crippen LogP contribution in [0.4, 0.5) is 0 Å². The highest BCUT2D eigenvalue weighted by Gasteiger charge is 2.16. The molecule has 0 saturated carbocycles. The molecule has 19 heavy (non-hydrogen) atoms. The fourth-order valence-electron chi connectivity index (χ4n) is 1.58. The quantitative estimate of drug-likeness (QED) is 0.584. The third kappa shape index (κ3) is 5.38. The van der Waals surface area contributed by atoms with Crippen LogP contribution in [0.2, 0.25) is 0 Å². The fourth-order valence-corrected chi connectivity index (χ4v) is 2.82. The zero-order chi connectivity index (χ0) is 14.3. The number of hydrogen-bond acceptors (Lipinski definition) is 2. The maximum atomic E-state index is 12.2. The van der Waals surface area contributed by atoms with E-state index in [1.165, 1.54) is 0 Å². The number of alkyl halides is 1. The van der Waals surface area contributed by atoms with Gasteiger partial charge in [-0.1, -0.05) is 49.4 Å². The van der Waals surface area contributed by atoms with Crippen molar-refractivity contribution in [1.29, 1.82) is 0 Å². The van der Waals surface area contributed by atoms with Gasteiger partial charge in [-0.05, 0) is 30.5 Å². The highest BCUT2D eigenvalue weighted by Crippen LogP contribution is 2.14. The Kier molecular flexibility index (Phi) is 7.20. The zero-order valence-electron chi connectivity index (χ0n) is 11.8. The van der Waals surface area contributed by atoms with Crippen molar-refractivity contribution in [1.82, 2.24) is 5.32 Å². The maximum absolute atomic E-state index is 12.2. The Hall–Kier alpha value is -0.780. The van der Waals surface area contributed by atoms with Gasteiger partial charge < -0.3 is 10.1 Å². The van der Waals surface area contributed by atoms with E-state index in [1.54, 1.807) is 6.07 Å². The molecular weight excluding hydrogens is 353 g/mol. The van der Waals surface area contributed by atoms with E-state index < -0.39 is 0 Å². The summed E-state index contributed by atoms with van der Waals surface area (Å²) < 4.78 is 6.45. The van der Waals surface area contributed by atoms with Crippen molar-refractivity contribution in [3.63, 3.8) is 0 Å². The smallest absolute Gasteiger partial charge is 0.251 e. The van der Waals surface area contributed by atoms with Crippen molar-refractivity contribution >= 4 is 28.5 Å². The van der Waals surface area contributed by atoms with E-state index in [0.717, 1.165) is 16.6 Å². The van der Waals surface area contributed by atoms with Crippen LogP contribution in [-0.2, 0) is 0 Å². The SMILES string of the molecule is CCCOc1cccc(C(=O)NC(CI)C(C)C)c1. The number of carbonyl (C=O) groups is 1. The van der Waals surface area contributed by atoms with Crippen LogP contribution in [0.25, 0.3) is 0 Å². The van der Waals surface area contributed by atoms with Gasteiger partial charge in [0.25, 0.3) is 5.91 Å². The summed E-state index contributed by atoms with van der Waals surface area (Å²) >= 11 is 2.30. The Morgan fingerprint density at radius 3 is 2.74 bits per heavy atom. The maximum Gasteiger partial charge on any atom is 0.251 e. The van der Waals surface area contributed by atoms with Crippen molar-refractivity contribution in [2.45, 2.75) is 33.2 Å². The van der Waals surface area contributed by atoms with Gasteiger partial charge in [-0.25, -0.2) is 0 Å². The van der Waals surface area contributed by atoms with Crippen LogP contribution in [0.5, 0.6) is 5.75 Å². The van der Waals surface area contributed by atoms with Gasteiger partial charge >= 0.3 is 0 Å². The van der Waals surface area contributed by atoms with Crippen molar-refractivity contribution in [3.8, 4) is 5.75 Å². The normalized spacial score (nSPS) is 12.3. The average molecular weight is 375 g/mol. The monoisotopic (exact) mass is 375 g/mol. The summed E-state index contributed by atoms with van der Waals surface area (Å²) in [7, 11) is 0. The molecule has 1 N–H and O–H groups in total. The lowest BCUT2D eigenvalue weighted by atomic mass is 10.1. The molecule has 1 rings (SSSR count). The molecule has 1 amide bonds. The third-order valence-electron chi connectivity index (χ3n) is 2.86. The van der Waals surface area contributed by atoms with E-state index in [4.69, 9.17) is 4.74 Å². The minimum Gasteiger partial charge on any atom is -0.494 e. The van der Waals surface area contributed by atoms with Crippen LogP contribution in [0.3, 0.4) is 0 Å². The highest BCUT2D eigenvalue weighted by atomic mass is 127. The highest BCUT2D eigenvalue weighted by molar-refractivity contribution is 14.1. The van der Waals surface area contributed by atoms with Gasteiger partial charge in [-0.2, -0.15) is 0 Å². The Morgan fingerprint density at radius 1 is 1.42 bits per heavy atom. The number of rotatable bonds is 7. The van der Waals surface area contributed by atoms with Crippen LogP contribution in [0.1, 0.15) is 37.6 Å². The van der Waals surface area contributed by atoms with Crippen molar-refractivity contribution < 1.29 is 9.53 Å². The number of ether oxygens (including phenoxy) is 1. The van der Waals surface area contributed by atoms with E-state index in [1.807, 2.05) is 18.2 Å². The van der Waals surface area contributed by atoms with Gasteiger partial charge in [0.05, 0.1) is 6.61 Å². The van der Waals surface area contributed by atoms with E-state index in [2.05, 4.69) is 48.7 Å². The summed E-state index contributed by atoms with van der Waals surface area (Å²) in [4.78, 5) is 12.2. The van der Waals surface area contributed by atoms with E-state index in [9.17, 15) is 4.79 Å². The number of hydrogen-bond donors (Lipinski definition) is 1. The molecule has 0 spiro atoms. The van der Waals surface area contributed by atoms with Crippen LogP contribution < -0.4 is 10.1 Å². The molecule has 0 radical (unpaired) electrons. The van der Waals surface area contributed by atoms with Gasteiger partial charge in [0.1, 0.15) is 5.75 Å². The van der Waals surface area contributed by atoms with Gasteiger partial charge in [0.15, 0.2) is 0 Å². The fraction of sp³-hybridized carbons (Fsp3) is 0.533. The molecule has 0 aromatic heterocycles. The van der Waals surface area contributed by atoms with Crippen LogP contribution in [-0.4, -0.2) is 23.0 Å². The molecular formula is C15H22INO2. The molecule has 0 bridgehead atoms. The molecule has 3 nitrogen and oxygen atoms in total. The molecule has 4 heteroatoms. The summed E-state index contributed by atoms with van der Waals surface area (Å²) in [6, 6.07) is 7.56. The van der Waals surface area contributed by atoms with Gasteiger partial charge in [0.2, 0.25) is 0 Å². The molecule has 1 aromatic carbocycles. The van der Waals surface area contributed by atoms with Gasteiger partial charge in [0, 0.05) is 16.0 Å². The zero-order valence-corrected chi connectivity index (χ0v) is 13.9. The van der Waals surface area contributed by atoms with Crippen LogP contribution in [0, 0.1) is 5.92 Å². The standard InChI is InChI=1S/C15H22INO2/c1-4-8-19-13-7-5-6-12(9-13)15(18)17-14(10-16)11(2)3/h5-7,9,11,14H,4,8,10H2,1-3H3,(H,17,18). The topological polar surface area (TPSA) is 38.3 Å². The molecule has 0 aliphatic carbocycles. The summed E-state index contributed by atoms with van der Waals surface area (Å²) in [6.07, 6.45) is 0.959. The van der Waals surface area contributed by atoms with Crippen LogP contribution in [0.15, 0.2) is 24.3 Å². The second-order valence-electron chi connectivity index (χ2n) is 4.85. The first kappa shape index (κ1) is 16.3. The summed E-state index contributed by atoms with van der Waals surface area (Å²) in [5.41, 5.74) is 0.657. The minimum atomic E-state index is -0.0303. The van der Waals surface area contributed by atoms with E-state index in [-0.39, 0.29) is 11.9 Å². The number of nitrogens with one attached hydrogen (secondary N) is 1.